The molecule has 2 aromatic rings. The highest BCUT2D eigenvalue weighted by Gasteiger charge is 2.16. The average molecular weight is 294 g/mol. The summed E-state index contributed by atoms with van der Waals surface area (Å²) in [5, 5.41) is 11.6. The first-order valence-corrected chi connectivity index (χ1v) is 6.18. The standard InChI is InChI=1S/C14H12ClNO4/c1-19-11-6-7-14(13(8-11)16(17)18)20-9-10-4-2-3-5-12(10)15/h2-8H,9H2,1H3. The number of nitrogens with zero attached hydrogens (tertiary/aromatic N) is 1. The number of halogens is 1. The highest BCUT2D eigenvalue weighted by Crippen LogP contribution is 2.32. The third-order valence-corrected chi connectivity index (χ3v) is 3.07. The van der Waals surface area contributed by atoms with Crippen LogP contribution >= 0.6 is 11.6 Å². The van der Waals surface area contributed by atoms with Gasteiger partial charge >= 0.3 is 5.69 Å². The van der Waals surface area contributed by atoms with E-state index in [0.717, 1.165) is 5.56 Å². The number of methoxy groups -OCH3 is 1. The summed E-state index contributed by atoms with van der Waals surface area (Å²) in [7, 11) is 1.45. The Morgan fingerprint density at radius 3 is 2.65 bits per heavy atom. The van der Waals surface area contributed by atoms with Gasteiger partial charge in [0.1, 0.15) is 12.4 Å². The van der Waals surface area contributed by atoms with E-state index in [2.05, 4.69) is 0 Å². The minimum atomic E-state index is -0.509. The van der Waals surface area contributed by atoms with Gasteiger partial charge in [-0.3, -0.25) is 10.1 Å². The Morgan fingerprint density at radius 2 is 2.00 bits per heavy atom. The van der Waals surface area contributed by atoms with Crippen LogP contribution in [0, 0.1) is 10.1 Å². The molecule has 2 aromatic carbocycles. The van der Waals surface area contributed by atoms with Gasteiger partial charge in [-0.15, -0.1) is 0 Å². The second-order valence-electron chi connectivity index (χ2n) is 3.97. The molecule has 0 aliphatic rings. The molecule has 6 heteroatoms. The predicted molar refractivity (Wildman–Crippen MR) is 75.4 cm³/mol. The van der Waals surface area contributed by atoms with Gasteiger partial charge in [0.2, 0.25) is 0 Å². The molecule has 104 valence electrons. The molecule has 0 aliphatic heterocycles. The number of hydrogen-bond donors (Lipinski definition) is 0. The molecular formula is C14H12ClNO4. The zero-order chi connectivity index (χ0) is 14.5. The number of rotatable bonds is 5. The lowest BCUT2D eigenvalue weighted by atomic mass is 10.2. The first kappa shape index (κ1) is 14.1. The van der Waals surface area contributed by atoms with Crippen molar-refractivity contribution in [1.29, 1.82) is 0 Å². The van der Waals surface area contributed by atoms with Gasteiger partial charge in [-0.1, -0.05) is 29.8 Å². The normalized spacial score (nSPS) is 10.1. The Morgan fingerprint density at radius 1 is 1.25 bits per heavy atom. The van der Waals surface area contributed by atoms with E-state index >= 15 is 0 Å². The van der Waals surface area contributed by atoms with Gasteiger partial charge in [-0.05, 0) is 18.2 Å². The molecule has 0 fully saturated rings. The van der Waals surface area contributed by atoms with E-state index < -0.39 is 4.92 Å². The number of ether oxygens (including phenoxy) is 2. The smallest absolute Gasteiger partial charge is 0.314 e. The third-order valence-electron chi connectivity index (χ3n) is 2.70. The summed E-state index contributed by atoms with van der Waals surface area (Å²) >= 11 is 6.01. The Labute approximate surface area is 120 Å². The summed E-state index contributed by atoms with van der Waals surface area (Å²) in [6.07, 6.45) is 0. The van der Waals surface area contributed by atoms with Crippen LogP contribution in [0.15, 0.2) is 42.5 Å². The number of benzene rings is 2. The molecule has 0 radical (unpaired) electrons. The number of nitro groups is 1. The van der Waals surface area contributed by atoms with E-state index in [1.165, 1.54) is 19.2 Å². The predicted octanol–water partition coefficient (Wildman–Crippen LogP) is 3.84. The Balaban J connectivity index is 2.21. The topological polar surface area (TPSA) is 61.6 Å². The van der Waals surface area contributed by atoms with Crippen molar-refractivity contribution in [3.63, 3.8) is 0 Å². The fourth-order valence-electron chi connectivity index (χ4n) is 1.66. The van der Waals surface area contributed by atoms with Crippen LogP contribution in [-0.2, 0) is 6.61 Å². The first-order chi connectivity index (χ1) is 9.61. The van der Waals surface area contributed by atoms with Crippen LogP contribution in [0.2, 0.25) is 5.02 Å². The van der Waals surface area contributed by atoms with Crippen LogP contribution < -0.4 is 9.47 Å². The lowest BCUT2D eigenvalue weighted by Gasteiger charge is -2.09. The van der Waals surface area contributed by atoms with Gasteiger partial charge < -0.3 is 9.47 Å². The summed E-state index contributed by atoms with van der Waals surface area (Å²) in [6.45, 7) is 0.160. The van der Waals surface area contributed by atoms with Crippen LogP contribution in [0.4, 0.5) is 5.69 Å². The second-order valence-corrected chi connectivity index (χ2v) is 4.38. The Kier molecular flexibility index (Phi) is 4.42. The van der Waals surface area contributed by atoms with E-state index in [9.17, 15) is 10.1 Å². The lowest BCUT2D eigenvalue weighted by Crippen LogP contribution is -2.00. The monoisotopic (exact) mass is 293 g/mol. The lowest BCUT2D eigenvalue weighted by molar-refractivity contribution is -0.386. The molecule has 0 heterocycles. The van der Waals surface area contributed by atoms with Gasteiger partial charge in [0.05, 0.1) is 18.1 Å². The third kappa shape index (κ3) is 3.19. The molecule has 0 spiro atoms. The maximum Gasteiger partial charge on any atom is 0.314 e. The van der Waals surface area contributed by atoms with E-state index in [-0.39, 0.29) is 18.0 Å². The SMILES string of the molecule is COc1ccc(OCc2ccccc2Cl)c([N+](=O)[O-])c1. The molecular weight excluding hydrogens is 282 g/mol. The van der Waals surface area contributed by atoms with Crippen LogP contribution in [0.3, 0.4) is 0 Å². The van der Waals surface area contributed by atoms with E-state index in [0.29, 0.717) is 10.8 Å². The molecule has 0 amide bonds. The van der Waals surface area contributed by atoms with Crippen molar-refractivity contribution in [2.24, 2.45) is 0 Å². The molecule has 0 atom stereocenters. The molecule has 0 saturated heterocycles. The van der Waals surface area contributed by atoms with Crippen molar-refractivity contribution < 1.29 is 14.4 Å². The van der Waals surface area contributed by atoms with Crippen molar-refractivity contribution in [3.8, 4) is 11.5 Å². The molecule has 0 unspecified atom stereocenters. The van der Waals surface area contributed by atoms with E-state index in [1.54, 1.807) is 18.2 Å². The molecule has 0 bridgehead atoms. The van der Waals surface area contributed by atoms with Gasteiger partial charge in [-0.2, -0.15) is 0 Å². The summed E-state index contributed by atoms with van der Waals surface area (Å²) in [5.41, 5.74) is 0.621. The highest BCUT2D eigenvalue weighted by molar-refractivity contribution is 6.31. The minimum absolute atomic E-state index is 0.142. The molecule has 0 N–H and O–H groups in total. The molecule has 5 nitrogen and oxygen atoms in total. The maximum atomic E-state index is 11.0. The Bertz CT molecular complexity index is 630. The van der Waals surface area contributed by atoms with E-state index in [4.69, 9.17) is 21.1 Å². The molecule has 0 aromatic heterocycles. The van der Waals surface area contributed by atoms with Crippen LogP contribution in [0.5, 0.6) is 11.5 Å². The molecule has 20 heavy (non-hydrogen) atoms. The average Bonchev–Trinajstić information content (AvgIpc) is 2.46. The van der Waals surface area contributed by atoms with Crippen molar-refractivity contribution in [2.45, 2.75) is 6.61 Å². The fourth-order valence-corrected chi connectivity index (χ4v) is 1.85. The van der Waals surface area contributed by atoms with Crippen LogP contribution in [0.25, 0.3) is 0 Å². The van der Waals surface area contributed by atoms with Crippen molar-refractivity contribution in [1.82, 2.24) is 0 Å². The summed E-state index contributed by atoms with van der Waals surface area (Å²) in [6, 6.07) is 11.6. The van der Waals surface area contributed by atoms with E-state index in [1.807, 2.05) is 12.1 Å². The number of nitro benzene ring substituents is 1. The molecule has 0 saturated carbocycles. The number of hydrogen-bond acceptors (Lipinski definition) is 4. The van der Waals surface area contributed by atoms with Crippen molar-refractivity contribution in [2.75, 3.05) is 7.11 Å². The van der Waals surface area contributed by atoms with Gasteiger partial charge in [0.25, 0.3) is 0 Å². The summed E-state index contributed by atoms with van der Waals surface area (Å²) in [5.74, 6) is 0.581. The fraction of sp³-hybridized carbons (Fsp3) is 0.143. The largest absolute Gasteiger partial charge is 0.496 e. The van der Waals surface area contributed by atoms with Crippen LogP contribution in [0.1, 0.15) is 5.56 Å². The first-order valence-electron chi connectivity index (χ1n) is 5.80. The van der Waals surface area contributed by atoms with Gasteiger partial charge in [-0.25, -0.2) is 0 Å². The zero-order valence-electron chi connectivity index (χ0n) is 10.7. The Hall–Kier alpha value is -2.27. The quantitative estimate of drug-likeness (QED) is 0.621. The summed E-state index contributed by atoms with van der Waals surface area (Å²) in [4.78, 5) is 10.5. The molecule has 0 aliphatic carbocycles. The zero-order valence-corrected chi connectivity index (χ0v) is 11.5. The highest BCUT2D eigenvalue weighted by atomic mass is 35.5. The van der Waals surface area contributed by atoms with Crippen molar-refractivity contribution in [3.05, 3.63) is 63.2 Å². The molecule has 2 rings (SSSR count). The van der Waals surface area contributed by atoms with Crippen molar-refractivity contribution >= 4 is 17.3 Å². The van der Waals surface area contributed by atoms with Gasteiger partial charge in [0.15, 0.2) is 5.75 Å². The summed E-state index contributed by atoms with van der Waals surface area (Å²) < 4.78 is 10.4. The second kappa shape index (κ2) is 6.25. The van der Waals surface area contributed by atoms with Crippen LogP contribution in [-0.4, -0.2) is 12.0 Å². The minimum Gasteiger partial charge on any atom is -0.496 e. The van der Waals surface area contributed by atoms with Gasteiger partial charge in [0, 0.05) is 10.6 Å². The maximum absolute atomic E-state index is 11.0.